The van der Waals surface area contributed by atoms with Crippen molar-refractivity contribution >= 4 is 40.9 Å². The Morgan fingerprint density at radius 2 is 1.62 bits per heavy atom. The first-order valence-corrected chi connectivity index (χ1v) is 9.97. The van der Waals surface area contributed by atoms with E-state index in [1.807, 2.05) is 0 Å². The maximum absolute atomic E-state index is 14.3. The summed E-state index contributed by atoms with van der Waals surface area (Å²) < 4.78 is 33.2. The summed E-state index contributed by atoms with van der Waals surface area (Å²) >= 11 is 5.10. The lowest BCUT2D eigenvalue weighted by Gasteiger charge is -2.29. The number of carbonyl (C=O) groups is 2. The molecule has 1 fully saturated rings. The molecule has 5 nitrogen and oxygen atoms in total. The molecule has 0 radical (unpaired) electrons. The van der Waals surface area contributed by atoms with Crippen LogP contribution in [0.3, 0.4) is 0 Å². The van der Waals surface area contributed by atoms with Gasteiger partial charge in [0.2, 0.25) is 0 Å². The quantitative estimate of drug-likeness (QED) is 0.356. The van der Waals surface area contributed by atoms with Gasteiger partial charge in [0.25, 0.3) is 11.8 Å². The van der Waals surface area contributed by atoms with E-state index in [1.54, 1.807) is 42.5 Å². The molecule has 1 N–H and O–H groups in total. The van der Waals surface area contributed by atoms with Gasteiger partial charge in [-0.3, -0.25) is 14.9 Å². The Morgan fingerprint density at radius 1 is 0.938 bits per heavy atom. The molecule has 1 aliphatic heterocycles. The van der Waals surface area contributed by atoms with E-state index in [1.165, 1.54) is 36.4 Å². The van der Waals surface area contributed by atoms with Crippen molar-refractivity contribution in [2.45, 2.75) is 6.61 Å². The summed E-state index contributed by atoms with van der Waals surface area (Å²) in [5, 5.41) is 2.22. The van der Waals surface area contributed by atoms with E-state index in [4.69, 9.17) is 17.0 Å². The fraction of sp³-hybridized carbons (Fsp3) is 0.0417. The molecule has 0 unspecified atom stereocenters. The van der Waals surface area contributed by atoms with Gasteiger partial charge in [0, 0.05) is 5.56 Å². The number of ether oxygens (including phenoxy) is 1. The standard InChI is InChI=1S/C24H16F2N2O3S/c25-17-11-9-15(10-12-17)14-31-21-8-4-1-5-16(21)13-18-22(29)27-24(32)28(23(18)30)20-7-3-2-6-19(20)26/h1-13H,14H2,(H,27,29,32)/b18-13+. The van der Waals surface area contributed by atoms with Gasteiger partial charge in [-0.15, -0.1) is 0 Å². The number of hydrogen-bond acceptors (Lipinski definition) is 4. The molecule has 0 bridgehead atoms. The third kappa shape index (κ3) is 4.40. The Labute approximate surface area is 187 Å². The van der Waals surface area contributed by atoms with Gasteiger partial charge in [-0.2, -0.15) is 0 Å². The molecule has 160 valence electrons. The summed E-state index contributed by atoms with van der Waals surface area (Å²) in [6, 6.07) is 18.3. The van der Waals surface area contributed by atoms with Gasteiger partial charge < -0.3 is 4.74 Å². The molecule has 3 aromatic carbocycles. The topological polar surface area (TPSA) is 58.6 Å². The highest BCUT2D eigenvalue weighted by atomic mass is 32.1. The molecule has 0 saturated carbocycles. The number of anilines is 1. The number of para-hydroxylation sites is 2. The van der Waals surface area contributed by atoms with Gasteiger partial charge in [-0.05, 0) is 54.2 Å². The molecule has 4 rings (SSSR count). The van der Waals surface area contributed by atoms with Gasteiger partial charge in [0.15, 0.2) is 5.11 Å². The molecule has 0 spiro atoms. The van der Waals surface area contributed by atoms with E-state index >= 15 is 0 Å². The van der Waals surface area contributed by atoms with E-state index in [9.17, 15) is 18.4 Å². The Morgan fingerprint density at radius 3 is 2.38 bits per heavy atom. The monoisotopic (exact) mass is 450 g/mol. The lowest BCUT2D eigenvalue weighted by molar-refractivity contribution is -0.122. The molecule has 0 atom stereocenters. The van der Waals surface area contributed by atoms with Crippen LogP contribution in [0.4, 0.5) is 14.5 Å². The number of carbonyl (C=O) groups excluding carboxylic acids is 2. The van der Waals surface area contributed by atoms with Crippen molar-refractivity contribution in [2.75, 3.05) is 4.90 Å². The van der Waals surface area contributed by atoms with E-state index in [2.05, 4.69) is 5.32 Å². The van der Waals surface area contributed by atoms with Crippen molar-refractivity contribution < 1.29 is 23.1 Å². The summed E-state index contributed by atoms with van der Waals surface area (Å²) in [5.41, 5.74) is 0.930. The molecule has 0 aliphatic carbocycles. The van der Waals surface area contributed by atoms with Crippen LogP contribution in [0.1, 0.15) is 11.1 Å². The highest BCUT2D eigenvalue weighted by Crippen LogP contribution is 2.27. The van der Waals surface area contributed by atoms with Crippen LogP contribution in [0.5, 0.6) is 5.75 Å². The predicted molar refractivity (Wildman–Crippen MR) is 120 cm³/mol. The number of benzene rings is 3. The predicted octanol–water partition coefficient (Wildman–Crippen LogP) is 4.38. The van der Waals surface area contributed by atoms with Crippen LogP contribution in [0.15, 0.2) is 78.4 Å². The van der Waals surface area contributed by atoms with Gasteiger partial charge in [-0.1, -0.05) is 42.5 Å². The zero-order valence-corrected chi connectivity index (χ0v) is 17.4. The Hall–Kier alpha value is -3.91. The highest BCUT2D eigenvalue weighted by Gasteiger charge is 2.35. The maximum Gasteiger partial charge on any atom is 0.270 e. The third-order valence-electron chi connectivity index (χ3n) is 4.72. The minimum atomic E-state index is -0.753. The zero-order chi connectivity index (χ0) is 22.7. The number of halogens is 2. The first-order valence-electron chi connectivity index (χ1n) is 9.56. The summed E-state index contributed by atoms with van der Waals surface area (Å²) in [7, 11) is 0. The summed E-state index contributed by atoms with van der Waals surface area (Å²) in [6.07, 6.45) is 1.37. The Balaban J connectivity index is 1.64. The molecular formula is C24H16F2N2O3S. The lowest BCUT2D eigenvalue weighted by atomic mass is 10.1. The van der Waals surface area contributed by atoms with Crippen molar-refractivity contribution in [1.29, 1.82) is 0 Å². The fourth-order valence-electron chi connectivity index (χ4n) is 3.14. The maximum atomic E-state index is 14.3. The smallest absolute Gasteiger partial charge is 0.270 e. The van der Waals surface area contributed by atoms with Crippen LogP contribution >= 0.6 is 12.2 Å². The van der Waals surface area contributed by atoms with Crippen molar-refractivity contribution in [3.8, 4) is 5.75 Å². The largest absolute Gasteiger partial charge is 0.488 e. The number of hydrogen-bond donors (Lipinski definition) is 1. The molecule has 0 aromatic heterocycles. The zero-order valence-electron chi connectivity index (χ0n) is 16.5. The van der Waals surface area contributed by atoms with E-state index < -0.39 is 17.6 Å². The van der Waals surface area contributed by atoms with Crippen LogP contribution < -0.4 is 15.0 Å². The van der Waals surface area contributed by atoms with Gasteiger partial charge in [-0.25, -0.2) is 13.7 Å². The van der Waals surface area contributed by atoms with E-state index in [-0.39, 0.29) is 28.8 Å². The first kappa shape index (κ1) is 21.3. The van der Waals surface area contributed by atoms with Crippen molar-refractivity contribution in [2.24, 2.45) is 0 Å². The second kappa shape index (κ2) is 9.07. The minimum Gasteiger partial charge on any atom is -0.488 e. The van der Waals surface area contributed by atoms with E-state index in [0.29, 0.717) is 11.3 Å². The van der Waals surface area contributed by atoms with Crippen LogP contribution in [0.2, 0.25) is 0 Å². The summed E-state index contributed by atoms with van der Waals surface area (Å²) in [4.78, 5) is 26.6. The molecular weight excluding hydrogens is 434 g/mol. The molecule has 2 amide bonds. The normalized spacial score (nSPS) is 15.1. The second-order valence-electron chi connectivity index (χ2n) is 6.86. The number of nitrogens with zero attached hydrogens (tertiary/aromatic N) is 1. The first-order chi connectivity index (χ1) is 15.4. The van der Waals surface area contributed by atoms with Crippen LogP contribution in [0, 0.1) is 11.6 Å². The van der Waals surface area contributed by atoms with Crippen LogP contribution in [-0.2, 0) is 16.2 Å². The third-order valence-corrected chi connectivity index (χ3v) is 5.01. The molecule has 1 heterocycles. The van der Waals surface area contributed by atoms with E-state index in [0.717, 1.165) is 10.5 Å². The molecule has 1 aliphatic rings. The van der Waals surface area contributed by atoms with Crippen molar-refractivity contribution in [3.63, 3.8) is 0 Å². The van der Waals surface area contributed by atoms with Gasteiger partial charge in [0.05, 0.1) is 5.69 Å². The summed E-state index contributed by atoms with van der Waals surface area (Å²) in [5.74, 6) is -2.03. The molecule has 8 heteroatoms. The highest BCUT2D eigenvalue weighted by molar-refractivity contribution is 7.80. The molecule has 1 saturated heterocycles. The van der Waals surface area contributed by atoms with Gasteiger partial charge in [0.1, 0.15) is 29.6 Å². The van der Waals surface area contributed by atoms with Crippen molar-refractivity contribution in [3.05, 3.63) is 101 Å². The molecule has 3 aromatic rings. The lowest BCUT2D eigenvalue weighted by Crippen LogP contribution is -2.54. The number of amides is 2. The van der Waals surface area contributed by atoms with Gasteiger partial charge >= 0.3 is 0 Å². The van der Waals surface area contributed by atoms with Crippen molar-refractivity contribution in [1.82, 2.24) is 5.32 Å². The second-order valence-corrected chi connectivity index (χ2v) is 7.25. The van der Waals surface area contributed by atoms with Crippen LogP contribution in [-0.4, -0.2) is 16.9 Å². The van der Waals surface area contributed by atoms with Crippen LogP contribution in [0.25, 0.3) is 6.08 Å². The molecule has 32 heavy (non-hydrogen) atoms. The Bertz CT molecular complexity index is 1240. The number of rotatable bonds is 5. The number of nitrogens with one attached hydrogen (secondary N) is 1. The minimum absolute atomic E-state index is 0.0609. The summed E-state index contributed by atoms with van der Waals surface area (Å²) in [6.45, 7) is 0.159. The fourth-order valence-corrected chi connectivity index (χ4v) is 3.41. The number of thiocarbonyl (C=S) groups is 1. The SMILES string of the molecule is O=C1NC(=S)N(c2ccccc2F)C(=O)/C1=C/c1ccccc1OCc1ccc(F)cc1. The Kier molecular flexibility index (Phi) is 6.04. The average Bonchev–Trinajstić information content (AvgIpc) is 2.78. The average molecular weight is 450 g/mol.